The van der Waals surface area contributed by atoms with Crippen molar-refractivity contribution in [3.8, 4) is 5.88 Å². The van der Waals surface area contributed by atoms with E-state index in [1.54, 1.807) is 11.1 Å². The smallest absolute Gasteiger partial charge is 0.410 e. The Morgan fingerprint density at radius 1 is 1.25 bits per heavy atom. The Balaban J connectivity index is 1.56. The lowest BCUT2D eigenvalue weighted by Crippen LogP contribution is -2.36. The molecule has 0 bridgehead atoms. The van der Waals surface area contributed by atoms with Crippen molar-refractivity contribution < 1.29 is 14.3 Å². The minimum Gasteiger partial charge on any atom is -0.471 e. The molecule has 1 N–H and O–H groups in total. The van der Waals surface area contributed by atoms with Crippen LogP contribution in [-0.2, 0) is 4.74 Å². The molecule has 0 aromatic carbocycles. The molecule has 156 valence electrons. The van der Waals surface area contributed by atoms with Crippen LogP contribution in [-0.4, -0.2) is 51.8 Å². The molecule has 1 aromatic rings. The third-order valence-electron chi connectivity index (χ3n) is 5.14. The number of hydrogen-bond acceptors (Lipinski definition) is 6. The molecule has 1 saturated carbocycles. The fraction of sp³-hybridized carbons (Fsp3) is 0.750. The van der Waals surface area contributed by atoms with Gasteiger partial charge < -0.3 is 19.7 Å². The van der Waals surface area contributed by atoms with Crippen molar-refractivity contribution in [2.75, 3.05) is 18.4 Å². The summed E-state index contributed by atoms with van der Waals surface area (Å²) in [6, 6.07) is 0.416. The van der Waals surface area contributed by atoms with Gasteiger partial charge in [0.05, 0.1) is 17.2 Å². The van der Waals surface area contributed by atoms with Gasteiger partial charge in [0.25, 0.3) is 0 Å². The molecule has 1 saturated heterocycles. The van der Waals surface area contributed by atoms with Gasteiger partial charge in [-0.2, -0.15) is 4.98 Å². The lowest BCUT2D eigenvalue weighted by Gasteiger charge is -2.27. The van der Waals surface area contributed by atoms with E-state index in [1.807, 2.05) is 20.8 Å². The largest absolute Gasteiger partial charge is 0.471 e. The van der Waals surface area contributed by atoms with Crippen LogP contribution in [0, 0.1) is 5.92 Å². The van der Waals surface area contributed by atoms with E-state index in [1.165, 1.54) is 12.8 Å². The number of aromatic nitrogens is 2. The molecule has 1 aliphatic heterocycles. The molecule has 2 fully saturated rings. The first kappa shape index (κ1) is 21.1. The van der Waals surface area contributed by atoms with E-state index < -0.39 is 5.60 Å². The highest BCUT2D eigenvalue weighted by Crippen LogP contribution is 2.29. The van der Waals surface area contributed by atoms with Gasteiger partial charge in [-0.1, -0.05) is 6.92 Å². The standard InChI is InChI=1S/C20H31BrN4O3/c1-13-5-7-14(8-6-13)23-18-22-11-16(21)17(24-18)27-15-9-10-25(12-15)19(26)28-20(2,3)4/h11,13-15H,5-10,12H2,1-4H3,(H,22,23,24)/t13-,14+,15?. The van der Waals surface area contributed by atoms with E-state index in [-0.39, 0.29) is 12.2 Å². The molecule has 2 heterocycles. The van der Waals surface area contributed by atoms with E-state index >= 15 is 0 Å². The number of ether oxygens (including phenoxy) is 2. The van der Waals surface area contributed by atoms with Crippen LogP contribution in [0.4, 0.5) is 10.7 Å². The van der Waals surface area contributed by atoms with Crippen LogP contribution in [0.5, 0.6) is 5.88 Å². The van der Waals surface area contributed by atoms with Crippen molar-refractivity contribution >= 4 is 28.0 Å². The number of likely N-dealkylation sites (tertiary alicyclic amines) is 1. The normalized spacial score (nSPS) is 25.5. The molecule has 1 aliphatic carbocycles. The van der Waals surface area contributed by atoms with Crippen LogP contribution in [0.25, 0.3) is 0 Å². The Hall–Kier alpha value is -1.57. The molecule has 1 amide bonds. The summed E-state index contributed by atoms with van der Waals surface area (Å²) in [4.78, 5) is 22.8. The first-order valence-electron chi connectivity index (χ1n) is 10.1. The molecular formula is C20H31BrN4O3. The summed E-state index contributed by atoms with van der Waals surface area (Å²) < 4.78 is 12.2. The van der Waals surface area contributed by atoms with E-state index in [0.717, 1.165) is 25.2 Å². The summed E-state index contributed by atoms with van der Waals surface area (Å²) in [6.07, 6.45) is 6.82. The third-order valence-corrected chi connectivity index (χ3v) is 5.68. The number of halogens is 1. The zero-order valence-electron chi connectivity index (χ0n) is 17.2. The summed E-state index contributed by atoms with van der Waals surface area (Å²) in [5.74, 6) is 1.91. The van der Waals surface area contributed by atoms with Gasteiger partial charge in [-0.15, -0.1) is 0 Å². The Morgan fingerprint density at radius 3 is 2.64 bits per heavy atom. The Bertz CT molecular complexity index is 687. The number of rotatable bonds is 4. The molecular weight excluding hydrogens is 424 g/mol. The molecule has 2 aliphatic rings. The maximum absolute atomic E-state index is 12.2. The van der Waals surface area contributed by atoms with Gasteiger partial charge in [0.15, 0.2) is 0 Å². The van der Waals surface area contributed by atoms with E-state index in [2.05, 4.69) is 38.1 Å². The van der Waals surface area contributed by atoms with Gasteiger partial charge in [-0.25, -0.2) is 9.78 Å². The van der Waals surface area contributed by atoms with Gasteiger partial charge in [-0.05, 0) is 68.3 Å². The first-order valence-corrected chi connectivity index (χ1v) is 10.9. The first-order chi connectivity index (χ1) is 13.2. The summed E-state index contributed by atoms with van der Waals surface area (Å²) in [5.41, 5.74) is -0.497. The highest BCUT2D eigenvalue weighted by Gasteiger charge is 2.31. The molecule has 28 heavy (non-hydrogen) atoms. The van der Waals surface area contributed by atoms with E-state index in [0.29, 0.717) is 35.4 Å². The number of hydrogen-bond donors (Lipinski definition) is 1. The maximum atomic E-state index is 12.2. The van der Waals surface area contributed by atoms with Crippen molar-refractivity contribution in [2.45, 2.75) is 77.5 Å². The number of carbonyl (C=O) groups excluding carboxylic acids is 1. The van der Waals surface area contributed by atoms with Crippen molar-refractivity contribution in [3.63, 3.8) is 0 Å². The topological polar surface area (TPSA) is 76.6 Å². The zero-order valence-corrected chi connectivity index (χ0v) is 18.8. The average Bonchev–Trinajstić information content (AvgIpc) is 3.07. The van der Waals surface area contributed by atoms with E-state index in [9.17, 15) is 4.79 Å². The molecule has 0 spiro atoms. The minimum atomic E-state index is -0.497. The number of nitrogens with zero attached hydrogens (tertiary/aromatic N) is 3. The van der Waals surface area contributed by atoms with E-state index in [4.69, 9.17) is 9.47 Å². The maximum Gasteiger partial charge on any atom is 0.410 e. The van der Waals surface area contributed by atoms with Crippen LogP contribution in [0.2, 0.25) is 0 Å². The lowest BCUT2D eigenvalue weighted by atomic mass is 9.87. The molecule has 1 unspecified atom stereocenters. The van der Waals surface area contributed by atoms with Gasteiger partial charge in [0.2, 0.25) is 11.8 Å². The Kier molecular flexibility index (Phi) is 6.68. The van der Waals surface area contributed by atoms with Gasteiger partial charge in [0, 0.05) is 19.0 Å². The molecule has 7 nitrogen and oxygen atoms in total. The van der Waals surface area contributed by atoms with Crippen molar-refractivity contribution in [2.24, 2.45) is 5.92 Å². The second kappa shape index (κ2) is 8.84. The van der Waals surface area contributed by atoms with Crippen LogP contribution >= 0.6 is 15.9 Å². The fourth-order valence-corrected chi connectivity index (χ4v) is 3.85. The zero-order chi connectivity index (χ0) is 20.3. The summed E-state index contributed by atoms with van der Waals surface area (Å²) in [5, 5.41) is 3.44. The predicted molar refractivity (Wildman–Crippen MR) is 112 cm³/mol. The number of nitrogens with one attached hydrogen (secondary N) is 1. The van der Waals surface area contributed by atoms with Gasteiger partial charge >= 0.3 is 6.09 Å². The highest BCUT2D eigenvalue weighted by molar-refractivity contribution is 9.10. The molecule has 3 rings (SSSR count). The third kappa shape index (κ3) is 5.96. The number of amides is 1. The average molecular weight is 455 g/mol. The Morgan fingerprint density at radius 2 is 1.96 bits per heavy atom. The van der Waals surface area contributed by atoms with Crippen LogP contribution in [0.1, 0.15) is 59.8 Å². The number of anilines is 1. The van der Waals surface area contributed by atoms with Crippen LogP contribution in [0.3, 0.4) is 0 Å². The fourth-order valence-electron chi connectivity index (χ4n) is 3.57. The van der Waals surface area contributed by atoms with Gasteiger partial charge in [0.1, 0.15) is 11.7 Å². The predicted octanol–water partition coefficient (Wildman–Crippen LogP) is 4.62. The SMILES string of the molecule is CC(C)(C)OC(=O)N1CCC(Oc2nc(N[C@H]3CC[C@@H](C)CC3)ncc2Br)C1. The van der Waals surface area contributed by atoms with Gasteiger partial charge in [-0.3, -0.25) is 0 Å². The minimum absolute atomic E-state index is 0.109. The monoisotopic (exact) mass is 454 g/mol. The molecule has 8 heteroatoms. The second-order valence-electron chi connectivity index (χ2n) is 8.90. The molecule has 0 radical (unpaired) electrons. The number of carbonyl (C=O) groups is 1. The highest BCUT2D eigenvalue weighted by atomic mass is 79.9. The lowest BCUT2D eigenvalue weighted by molar-refractivity contribution is 0.0274. The Labute approximate surface area is 175 Å². The van der Waals surface area contributed by atoms with Crippen molar-refractivity contribution in [1.82, 2.24) is 14.9 Å². The van der Waals surface area contributed by atoms with Crippen LogP contribution in [0.15, 0.2) is 10.7 Å². The van der Waals surface area contributed by atoms with Crippen molar-refractivity contribution in [1.29, 1.82) is 0 Å². The summed E-state index contributed by atoms with van der Waals surface area (Å²) in [6.45, 7) is 9.03. The molecule has 1 atom stereocenters. The molecule has 1 aromatic heterocycles. The van der Waals surface area contributed by atoms with Crippen LogP contribution < -0.4 is 10.1 Å². The van der Waals surface area contributed by atoms with Crippen molar-refractivity contribution in [3.05, 3.63) is 10.7 Å². The summed E-state index contributed by atoms with van der Waals surface area (Å²) >= 11 is 3.47. The quantitative estimate of drug-likeness (QED) is 0.714. The summed E-state index contributed by atoms with van der Waals surface area (Å²) in [7, 11) is 0. The second-order valence-corrected chi connectivity index (χ2v) is 9.76.